The summed E-state index contributed by atoms with van der Waals surface area (Å²) in [7, 11) is 3.28. The summed E-state index contributed by atoms with van der Waals surface area (Å²) in [6.45, 7) is 1.03. The summed E-state index contributed by atoms with van der Waals surface area (Å²) >= 11 is 0. The topological polar surface area (TPSA) is 79.9 Å². The van der Waals surface area contributed by atoms with Gasteiger partial charge in [0.15, 0.2) is 0 Å². The fourth-order valence-corrected chi connectivity index (χ4v) is 4.47. The number of para-hydroxylation sites is 1. The van der Waals surface area contributed by atoms with Crippen LogP contribution in [0.15, 0.2) is 78.9 Å². The van der Waals surface area contributed by atoms with E-state index in [-0.39, 0.29) is 23.9 Å². The highest BCUT2D eigenvalue weighted by molar-refractivity contribution is 5.90. The fourth-order valence-electron chi connectivity index (χ4n) is 4.47. The lowest BCUT2D eigenvalue weighted by atomic mass is 9.94. The smallest absolute Gasteiger partial charge is 0.321 e. The van der Waals surface area contributed by atoms with Crippen LogP contribution in [-0.4, -0.2) is 44.1 Å². The zero-order chi connectivity index (χ0) is 25.3. The maximum absolute atomic E-state index is 13.4. The lowest BCUT2D eigenvalue weighted by molar-refractivity contribution is -0.127. The molecule has 0 bridgehead atoms. The highest BCUT2D eigenvalue weighted by atomic mass is 16.5. The minimum atomic E-state index is -0.267. The molecule has 1 aliphatic rings. The number of rotatable bonds is 8. The Labute approximate surface area is 212 Å². The number of carbonyl (C=O) groups excluding carboxylic acids is 2. The van der Waals surface area contributed by atoms with Crippen molar-refractivity contribution in [3.05, 3.63) is 90.0 Å². The first-order valence-electron chi connectivity index (χ1n) is 12.2. The minimum absolute atomic E-state index is 0.0402. The third-order valence-corrected chi connectivity index (χ3v) is 6.54. The molecule has 3 aromatic carbocycles. The maximum atomic E-state index is 13.4. The number of nitrogens with zero attached hydrogens (tertiary/aromatic N) is 1. The van der Waals surface area contributed by atoms with E-state index in [0.717, 1.165) is 41.2 Å². The zero-order valence-corrected chi connectivity index (χ0v) is 20.8. The summed E-state index contributed by atoms with van der Waals surface area (Å²) in [4.78, 5) is 27.9. The zero-order valence-electron chi connectivity index (χ0n) is 20.8. The molecule has 3 amide bonds. The Morgan fingerprint density at radius 2 is 1.56 bits per heavy atom. The molecule has 0 spiro atoms. The van der Waals surface area contributed by atoms with Gasteiger partial charge in [0.2, 0.25) is 5.91 Å². The largest absolute Gasteiger partial charge is 0.497 e. The molecule has 36 heavy (non-hydrogen) atoms. The Morgan fingerprint density at radius 3 is 2.19 bits per heavy atom. The first kappa shape index (κ1) is 25.1. The number of nitrogens with one attached hydrogen (secondary N) is 2. The van der Waals surface area contributed by atoms with Crippen LogP contribution in [0.3, 0.4) is 0 Å². The third-order valence-electron chi connectivity index (χ3n) is 6.54. The Bertz CT molecular complexity index is 1130. The Hall–Kier alpha value is -4.00. The van der Waals surface area contributed by atoms with Gasteiger partial charge in [0.05, 0.1) is 26.2 Å². The van der Waals surface area contributed by atoms with Gasteiger partial charge in [0.25, 0.3) is 0 Å². The van der Waals surface area contributed by atoms with E-state index in [1.54, 1.807) is 19.1 Å². The number of urea groups is 1. The predicted octanol–water partition coefficient (Wildman–Crippen LogP) is 5.05. The van der Waals surface area contributed by atoms with E-state index < -0.39 is 0 Å². The molecule has 1 heterocycles. The van der Waals surface area contributed by atoms with Gasteiger partial charge in [0.1, 0.15) is 11.5 Å². The van der Waals surface area contributed by atoms with E-state index >= 15 is 0 Å². The first-order valence-corrected chi connectivity index (χ1v) is 12.2. The van der Waals surface area contributed by atoms with Gasteiger partial charge < -0.3 is 25.0 Å². The molecule has 1 aliphatic heterocycles. The molecule has 2 atom stereocenters. The van der Waals surface area contributed by atoms with Crippen molar-refractivity contribution in [2.24, 2.45) is 5.92 Å². The molecule has 188 valence electrons. The normalized spacial score (nSPS) is 16.1. The fraction of sp³-hybridized carbons (Fsp3) is 0.310. The molecule has 2 unspecified atom stereocenters. The van der Waals surface area contributed by atoms with Gasteiger partial charge in [-0.3, -0.25) is 4.79 Å². The van der Waals surface area contributed by atoms with E-state index in [4.69, 9.17) is 9.47 Å². The number of anilines is 1. The monoisotopic (exact) mass is 487 g/mol. The van der Waals surface area contributed by atoms with Crippen LogP contribution in [0.4, 0.5) is 10.5 Å². The maximum Gasteiger partial charge on any atom is 0.321 e. The molecule has 4 rings (SSSR count). The Kier molecular flexibility index (Phi) is 8.44. The van der Waals surface area contributed by atoms with E-state index in [0.29, 0.717) is 19.5 Å². The van der Waals surface area contributed by atoms with E-state index in [2.05, 4.69) is 10.6 Å². The Morgan fingerprint density at radius 1 is 0.917 bits per heavy atom. The quantitative estimate of drug-likeness (QED) is 0.466. The summed E-state index contributed by atoms with van der Waals surface area (Å²) in [6.07, 6.45) is 2.16. The minimum Gasteiger partial charge on any atom is -0.497 e. The molecule has 2 N–H and O–H groups in total. The van der Waals surface area contributed by atoms with Gasteiger partial charge in [-0.25, -0.2) is 4.79 Å². The van der Waals surface area contributed by atoms with Crippen molar-refractivity contribution < 1.29 is 19.1 Å². The van der Waals surface area contributed by atoms with Crippen molar-refractivity contribution in [3.8, 4) is 11.5 Å². The Balaban J connectivity index is 1.45. The van der Waals surface area contributed by atoms with Crippen LogP contribution in [0, 0.1) is 5.92 Å². The second kappa shape index (κ2) is 12.1. The first-order chi connectivity index (χ1) is 17.6. The highest BCUT2D eigenvalue weighted by Gasteiger charge is 2.30. The van der Waals surface area contributed by atoms with Gasteiger partial charge >= 0.3 is 6.03 Å². The van der Waals surface area contributed by atoms with Crippen LogP contribution in [0.2, 0.25) is 0 Å². The van der Waals surface area contributed by atoms with E-state index in [1.807, 2.05) is 78.9 Å². The number of hydrogen-bond donors (Lipinski definition) is 2. The van der Waals surface area contributed by atoms with Crippen LogP contribution >= 0.6 is 0 Å². The van der Waals surface area contributed by atoms with E-state index in [1.165, 1.54) is 0 Å². The van der Waals surface area contributed by atoms with Crippen LogP contribution < -0.4 is 20.1 Å². The van der Waals surface area contributed by atoms with Crippen LogP contribution in [-0.2, 0) is 11.2 Å². The van der Waals surface area contributed by atoms with E-state index in [9.17, 15) is 9.59 Å². The highest BCUT2D eigenvalue weighted by Crippen LogP contribution is 2.25. The number of likely N-dealkylation sites (tertiary alicyclic amines) is 1. The second-order valence-corrected chi connectivity index (χ2v) is 8.97. The summed E-state index contributed by atoms with van der Waals surface area (Å²) < 4.78 is 10.6. The van der Waals surface area contributed by atoms with Gasteiger partial charge in [-0.1, -0.05) is 42.5 Å². The van der Waals surface area contributed by atoms with Crippen molar-refractivity contribution in [1.29, 1.82) is 0 Å². The number of methoxy groups -OCH3 is 2. The van der Waals surface area contributed by atoms with Crippen LogP contribution in [0.25, 0.3) is 0 Å². The second-order valence-electron chi connectivity index (χ2n) is 8.97. The third kappa shape index (κ3) is 6.56. The van der Waals surface area contributed by atoms with Crippen molar-refractivity contribution in [2.45, 2.75) is 25.3 Å². The summed E-state index contributed by atoms with van der Waals surface area (Å²) in [6, 6.07) is 24.6. The van der Waals surface area contributed by atoms with Gasteiger partial charge in [-0.05, 0) is 66.8 Å². The molecule has 0 aliphatic carbocycles. The van der Waals surface area contributed by atoms with Gasteiger partial charge in [-0.15, -0.1) is 0 Å². The van der Waals surface area contributed by atoms with Crippen LogP contribution in [0.5, 0.6) is 11.5 Å². The molecule has 0 radical (unpaired) electrons. The molecule has 0 saturated carbocycles. The molecule has 0 aromatic heterocycles. The van der Waals surface area contributed by atoms with Crippen molar-refractivity contribution in [1.82, 2.24) is 10.2 Å². The summed E-state index contributed by atoms with van der Waals surface area (Å²) in [5, 5.41) is 6.18. The molecular weight excluding hydrogens is 454 g/mol. The number of benzene rings is 3. The molecule has 3 aromatic rings. The van der Waals surface area contributed by atoms with Crippen LogP contribution in [0.1, 0.15) is 30.0 Å². The molecule has 1 saturated heterocycles. The molecular formula is C29H33N3O4. The average Bonchev–Trinajstić information content (AvgIpc) is 2.93. The average molecular weight is 488 g/mol. The predicted molar refractivity (Wildman–Crippen MR) is 140 cm³/mol. The number of amides is 3. The summed E-state index contributed by atoms with van der Waals surface area (Å²) in [5.74, 6) is 1.25. The summed E-state index contributed by atoms with van der Waals surface area (Å²) in [5.41, 5.74) is 2.83. The van der Waals surface area contributed by atoms with Crippen molar-refractivity contribution in [2.75, 3.05) is 32.6 Å². The number of ether oxygens (including phenoxy) is 2. The molecule has 1 fully saturated rings. The van der Waals surface area contributed by atoms with Gasteiger partial charge in [0, 0.05) is 18.8 Å². The lowest BCUT2D eigenvalue weighted by Gasteiger charge is -2.33. The molecule has 7 nitrogen and oxygen atoms in total. The number of carbonyl (C=O) groups is 2. The standard InChI is InChI=1S/C29H33N3O4/c1-35-25-14-10-21(11-15-25)19-27(22-12-16-26(36-2)17-13-22)31-28(33)23-7-6-18-32(20-23)29(34)30-24-8-4-3-5-9-24/h3-5,8-17,23,27H,6-7,18-20H2,1-2H3,(H,30,34)(H,31,33). The molecule has 7 heteroatoms. The van der Waals surface area contributed by atoms with Crippen molar-refractivity contribution >= 4 is 17.6 Å². The number of hydrogen-bond acceptors (Lipinski definition) is 4. The van der Waals surface area contributed by atoms with Crippen molar-refractivity contribution in [3.63, 3.8) is 0 Å². The van der Waals surface area contributed by atoms with Gasteiger partial charge in [-0.2, -0.15) is 0 Å². The number of piperidine rings is 1. The SMILES string of the molecule is COc1ccc(CC(NC(=O)C2CCCN(C(=O)Nc3ccccc3)C2)c2ccc(OC)cc2)cc1. The lowest BCUT2D eigenvalue weighted by Crippen LogP contribution is -2.47.